The SMILES string of the molecule is COc1ccccc1C1CNCCC(=O)N1C. The standard InChI is InChI=1S/C13H18N2O2/c1-15-11(9-14-8-7-13(15)16)10-5-3-4-6-12(10)17-2/h3-6,11,14H,7-9H2,1-2H3. The molecule has 0 radical (unpaired) electrons. The number of benzene rings is 1. The molecule has 1 N–H and O–H groups in total. The largest absolute Gasteiger partial charge is 0.496 e. The van der Waals surface area contributed by atoms with E-state index in [2.05, 4.69) is 5.32 Å². The molecule has 1 aromatic carbocycles. The van der Waals surface area contributed by atoms with Crippen LogP contribution in [0, 0.1) is 0 Å². The zero-order valence-electron chi connectivity index (χ0n) is 10.3. The first kappa shape index (κ1) is 11.9. The molecule has 1 atom stereocenters. The van der Waals surface area contributed by atoms with Gasteiger partial charge in [-0.3, -0.25) is 4.79 Å². The van der Waals surface area contributed by atoms with Gasteiger partial charge in [0.15, 0.2) is 0 Å². The molecule has 1 fully saturated rings. The van der Waals surface area contributed by atoms with Crippen molar-refractivity contribution in [1.29, 1.82) is 0 Å². The number of nitrogens with zero attached hydrogens (tertiary/aromatic N) is 1. The number of hydrogen-bond acceptors (Lipinski definition) is 3. The Kier molecular flexibility index (Phi) is 3.64. The lowest BCUT2D eigenvalue weighted by molar-refractivity contribution is -0.131. The second-order valence-corrected chi connectivity index (χ2v) is 4.22. The van der Waals surface area contributed by atoms with Crippen LogP contribution in [-0.4, -0.2) is 38.1 Å². The molecule has 4 nitrogen and oxygen atoms in total. The first-order chi connectivity index (χ1) is 8.24. The highest BCUT2D eigenvalue weighted by Crippen LogP contribution is 2.29. The van der Waals surface area contributed by atoms with Gasteiger partial charge in [-0.1, -0.05) is 18.2 Å². The molecular formula is C13H18N2O2. The fourth-order valence-electron chi connectivity index (χ4n) is 2.18. The lowest BCUT2D eigenvalue weighted by Crippen LogP contribution is -2.32. The van der Waals surface area contributed by atoms with Crippen molar-refractivity contribution in [2.75, 3.05) is 27.2 Å². The van der Waals surface area contributed by atoms with Crippen molar-refractivity contribution in [3.8, 4) is 5.75 Å². The Balaban J connectivity index is 2.33. The molecular weight excluding hydrogens is 216 g/mol. The zero-order valence-corrected chi connectivity index (χ0v) is 10.3. The third kappa shape index (κ3) is 2.42. The van der Waals surface area contributed by atoms with Gasteiger partial charge < -0.3 is 15.0 Å². The van der Waals surface area contributed by atoms with E-state index in [-0.39, 0.29) is 11.9 Å². The maximum atomic E-state index is 11.8. The highest BCUT2D eigenvalue weighted by Gasteiger charge is 2.26. The normalized spacial score (nSPS) is 21.2. The fourth-order valence-corrected chi connectivity index (χ4v) is 2.18. The summed E-state index contributed by atoms with van der Waals surface area (Å²) in [6, 6.07) is 7.90. The average molecular weight is 234 g/mol. The van der Waals surface area contributed by atoms with E-state index in [0.29, 0.717) is 6.42 Å². The number of ether oxygens (including phenoxy) is 1. The summed E-state index contributed by atoms with van der Waals surface area (Å²) in [4.78, 5) is 13.6. The summed E-state index contributed by atoms with van der Waals surface area (Å²) >= 11 is 0. The van der Waals surface area contributed by atoms with Gasteiger partial charge in [0.2, 0.25) is 5.91 Å². The summed E-state index contributed by atoms with van der Waals surface area (Å²) in [5.74, 6) is 1.01. The molecule has 1 aliphatic rings. The minimum Gasteiger partial charge on any atom is -0.496 e. The van der Waals surface area contributed by atoms with Crippen molar-refractivity contribution in [1.82, 2.24) is 10.2 Å². The first-order valence-corrected chi connectivity index (χ1v) is 5.83. The minimum atomic E-state index is 0.0427. The van der Waals surface area contributed by atoms with E-state index >= 15 is 0 Å². The second kappa shape index (κ2) is 5.19. The maximum Gasteiger partial charge on any atom is 0.224 e. The number of carbonyl (C=O) groups excluding carboxylic acids is 1. The molecule has 0 aliphatic carbocycles. The number of methoxy groups -OCH3 is 1. The van der Waals surface area contributed by atoms with E-state index in [1.54, 1.807) is 12.0 Å². The molecule has 1 saturated heterocycles. The predicted molar refractivity (Wildman–Crippen MR) is 66.0 cm³/mol. The Hall–Kier alpha value is -1.55. The summed E-state index contributed by atoms with van der Waals surface area (Å²) in [5.41, 5.74) is 1.06. The van der Waals surface area contributed by atoms with E-state index in [9.17, 15) is 4.79 Å². The van der Waals surface area contributed by atoms with Gasteiger partial charge in [0.25, 0.3) is 0 Å². The number of carbonyl (C=O) groups is 1. The van der Waals surface area contributed by atoms with Gasteiger partial charge in [0.05, 0.1) is 13.2 Å². The summed E-state index contributed by atoms with van der Waals surface area (Å²) < 4.78 is 5.36. The molecule has 4 heteroatoms. The lowest BCUT2D eigenvalue weighted by Gasteiger charge is -2.27. The van der Waals surface area contributed by atoms with Gasteiger partial charge in [-0.2, -0.15) is 0 Å². The van der Waals surface area contributed by atoms with Crippen LogP contribution in [0.2, 0.25) is 0 Å². The van der Waals surface area contributed by atoms with Crippen molar-refractivity contribution in [2.45, 2.75) is 12.5 Å². The fraction of sp³-hybridized carbons (Fsp3) is 0.462. The Morgan fingerprint density at radius 1 is 1.41 bits per heavy atom. The van der Waals surface area contributed by atoms with Crippen molar-refractivity contribution in [2.24, 2.45) is 0 Å². The highest BCUT2D eigenvalue weighted by atomic mass is 16.5. The van der Waals surface area contributed by atoms with Gasteiger partial charge in [-0.25, -0.2) is 0 Å². The molecule has 92 valence electrons. The van der Waals surface area contributed by atoms with E-state index in [1.165, 1.54) is 0 Å². The molecule has 1 heterocycles. The smallest absolute Gasteiger partial charge is 0.224 e. The molecule has 0 saturated carbocycles. The van der Waals surface area contributed by atoms with E-state index in [1.807, 2.05) is 31.3 Å². The Morgan fingerprint density at radius 2 is 2.18 bits per heavy atom. The van der Waals surface area contributed by atoms with Crippen molar-refractivity contribution in [3.63, 3.8) is 0 Å². The second-order valence-electron chi connectivity index (χ2n) is 4.22. The number of rotatable bonds is 2. The first-order valence-electron chi connectivity index (χ1n) is 5.83. The number of hydrogen-bond donors (Lipinski definition) is 1. The van der Waals surface area contributed by atoms with Gasteiger partial charge in [0.1, 0.15) is 5.75 Å². The summed E-state index contributed by atoms with van der Waals surface area (Å²) in [5, 5.41) is 3.29. The van der Waals surface area contributed by atoms with Crippen LogP contribution in [0.4, 0.5) is 0 Å². The molecule has 1 aliphatic heterocycles. The number of nitrogens with one attached hydrogen (secondary N) is 1. The Labute approximate surface area is 102 Å². The average Bonchev–Trinajstić information content (AvgIpc) is 2.53. The van der Waals surface area contributed by atoms with Crippen molar-refractivity contribution < 1.29 is 9.53 Å². The molecule has 0 aromatic heterocycles. The topological polar surface area (TPSA) is 41.6 Å². The monoisotopic (exact) mass is 234 g/mol. The third-order valence-electron chi connectivity index (χ3n) is 3.21. The number of para-hydroxylation sites is 1. The molecule has 0 spiro atoms. The summed E-state index contributed by atoms with van der Waals surface area (Å²) in [6.45, 7) is 1.51. The van der Waals surface area contributed by atoms with Gasteiger partial charge in [-0.05, 0) is 6.07 Å². The van der Waals surface area contributed by atoms with Gasteiger partial charge in [0, 0.05) is 32.1 Å². The molecule has 1 aromatic rings. The quantitative estimate of drug-likeness (QED) is 0.835. The Bertz CT molecular complexity index is 406. The zero-order chi connectivity index (χ0) is 12.3. The van der Waals surface area contributed by atoms with Crippen LogP contribution in [0.1, 0.15) is 18.0 Å². The van der Waals surface area contributed by atoms with Crippen LogP contribution in [0.3, 0.4) is 0 Å². The van der Waals surface area contributed by atoms with E-state index in [0.717, 1.165) is 24.4 Å². The molecule has 1 unspecified atom stereocenters. The van der Waals surface area contributed by atoms with Gasteiger partial charge in [-0.15, -0.1) is 0 Å². The van der Waals surface area contributed by atoms with Crippen LogP contribution >= 0.6 is 0 Å². The highest BCUT2D eigenvalue weighted by molar-refractivity contribution is 5.77. The van der Waals surface area contributed by atoms with Crippen LogP contribution in [-0.2, 0) is 4.79 Å². The predicted octanol–water partition coefficient (Wildman–Crippen LogP) is 1.19. The van der Waals surface area contributed by atoms with E-state index < -0.39 is 0 Å². The number of likely N-dealkylation sites (N-methyl/N-ethyl adjacent to an activating group) is 1. The molecule has 0 bridgehead atoms. The minimum absolute atomic E-state index is 0.0427. The van der Waals surface area contributed by atoms with Crippen LogP contribution < -0.4 is 10.1 Å². The van der Waals surface area contributed by atoms with Crippen molar-refractivity contribution in [3.05, 3.63) is 29.8 Å². The van der Waals surface area contributed by atoms with Crippen LogP contribution in [0.5, 0.6) is 5.75 Å². The third-order valence-corrected chi connectivity index (χ3v) is 3.21. The molecule has 2 rings (SSSR count). The maximum absolute atomic E-state index is 11.8. The van der Waals surface area contributed by atoms with E-state index in [4.69, 9.17) is 4.74 Å². The Morgan fingerprint density at radius 3 is 2.94 bits per heavy atom. The lowest BCUT2D eigenvalue weighted by atomic mass is 10.0. The number of amides is 1. The van der Waals surface area contributed by atoms with Crippen LogP contribution in [0.15, 0.2) is 24.3 Å². The van der Waals surface area contributed by atoms with Gasteiger partial charge >= 0.3 is 0 Å². The summed E-state index contributed by atoms with van der Waals surface area (Å²) in [7, 11) is 3.51. The van der Waals surface area contributed by atoms with Crippen molar-refractivity contribution >= 4 is 5.91 Å². The molecule has 1 amide bonds. The summed E-state index contributed by atoms with van der Waals surface area (Å²) in [6.07, 6.45) is 0.558. The molecule has 17 heavy (non-hydrogen) atoms. The van der Waals surface area contributed by atoms with Crippen LogP contribution in [0.25, 0.3) is 0 Å².